The molecule has 3 nitrogen and oxygen atoms in total. The van der Waals surface area contributed by atoms with Crippen molar-refractivity contribution in [2.75, 3.05) is 6.16 Å². The topological polar surface area (TPSA) is 63.2 Å². The first kappa shape index (κ1) is 31.8. The van der Waals surface area contributed by atoms with Crippen LogP contribution in [-0.2, 0) is 4.57 Å². The molecule has 0 aromatic heterocycles. The van der Waals surface area contributed by atoms with Crippen molar-refractivity contribution in [3.05, 3.63) is 12.2 Å². The van der Waals surface area contributed by atoms with Crippen LogP contribution in [0.25, 0.3) is 0 Å². The second-order valence-electron chi connectivity index (χ2n) is 6.27. The molecule has 0 radical (unpaired) electrons. The van der Waals surface area contributed by atoms with Crippen LogP contribution in [0, 0.1) is 0 Å². The fourth-order valence-corrected chi connectivity index (χ4v) is 3.16. The molecule has 0 bridgehead atoms. The van der Waals surface area contributed by atoms with E-state index in [0.29, 0.717) is 6.42 Å². The molecular weight excluding hydrogens is 373 g/mol. The smallest absolute Gasteiger partial charge is 0.811 e. The number of unbranched alkanes of at least 4 members (excludes halogenated alkanes) is 12. The second kappa shape index (κ2) is 24.2. The summed E-state index contributed by atoms with van der Waals surface area (Å²) in [6, 6.07) is 0. The molecule has 0 N–H and O–H groups in total. The molecule has 0 aliphatic heterocycles. The maximum atomic E-state index is 10.4. The first-order valence-electron chi connectivity index (χ1n) is 9.22. The third kappa shape index (κ3) is 29.9. The minimum Gasteiger partial charge on any atom is -0.811 e. The summed E-state index contributed by atoms with van der Waals surface area (Å²) >= 11 is 0. The summed E-state index contributed by atoms with van der Waals surface area (Å²) in [5.41, 5.74) is 0. The zero-order valence-corrected chi connectivity index (χ0v) is 23.6. The summed E-state index contributed by atoms with van der Waals surface area (Å²) < 4.78 is 10.4. The molecule has 0 amide bonds. The maximum Gasteiger partial charge on any atom is 1.00 e. The van der Waals surface area contributed by atoms with Crippen molar-refractivity contribution in [1.82, 2.24) is 0 Å². The Hall–Kier alpha value is 3.16. The van der Waals surface area contributed by atoms with Crippen molar-refractivity contribution >= 4 is 7.60 Å². The predicted octanol–water partition coefficient (Wildman–Crippen LogP) is -1.05. The van der Waals surface area contributed by atoms with Crippen molar-refractivity contribution in [2.24, 2.45) is 0 Å². The van der Waals surface area contributed by atoms with Crippen LogP contribution < -0.4 is 113 Å². The van der Waals surface area contributed by atoms with Crippen molar-refractivity contribution < 1.29 is 117 Å². The molecule has 0 fully saturated rings. The fourth-order valence-electron chi connectivity index (χ4n) is 2.55. The largest absolute Gasteiger partial charge is 1.00 e. The van der Waals surface area contributed by atoms with Gasteiger partial charge in [0, 0.05) is 0 Å². The predicted molar refractivity (Wildman–Crippen MR) is 91.9 cm³/mol. The van der Waals surface area contributed by atoms with Crippen molar-refractivity contribution in [2.45, 2.75) is 96.8 Å². The van der Waals surface area contributed by atoms with E-state index in [1.807, 2.05) is 0 Å². The van der Waals surface area contributed by atoms with Crippen LogP contribution in [0.15, 0.2) is 12.2 Å². The van der Waals surface area contributed by atoms with Crippen LogP contribution in [0.3, 0.4) is 0 Å². The molecule has 0 atom stereocenters. The van der Waals surface area contributed by atoms with E-state index < -0.39 is 7.60 Å². The van der Waals surface area contributed by atoms with Crippen LogP contribution in [0.2, 0.25) is 0 Å². The van der Waals surface area contributed by atoms with Gasteiger partial charge in [0.2, 0.25) is 0 Å². The van der Waals surface area contributed by atoms with Gasteiger partial charge in [-0.15, -0.1) is 0 Å². The molecule has 0 aromatic carbocycles. The number of hydrogen-bond donors (Lipinski definition) is 0. The van der Waals surface area contributed by atoms with Crippen LogP contribution in [-0.4, -0.2) is 6.16 Å². The van der Waals surface area contributed by atoms with E-state index in [1.165, 1.54) is 57.8 Å². The molecule has 0 heterocycles. The van der Waals surface area contributed by atoms with E-state index in [1.54, 1.807) is 0 Å². The molecule has 0 aromatic rings. The molecule has 0 saturated heterocycles. The SMILES string of the molecule is CCCCCCCCC=CCCCCCCCCP(=O)([O-])[O-].[K+].[K+]. The number of rotatable bonds is 16. The third-order valence-electron chi connectivity index (χ3n) is 3.94. The Kier molecular flexibility index (Phi) is 32.1. The standard InChI is InChI=1S/C18H37O3P.2K/c1-2-3-4-5-6-7-8-9-10-11-12-13-14-15-16-17-18-22(19,20)21;;/h9-10H,2-8,11-18H2,1H3,(H2,19,20,21);;/q;2*+1/p-2. The summed E-state index contributed by atoms with van der Waals surface area (Å²) in [6.07, 6.45) is 21.0. The quantitative estimate of drug-likeness (QED) is 0.142. The first-order chi connectivity index (χ1) is 10.6. The molecule has 0 aliphatic carbocycles. The Morgan fingerprint density at radius 1 is 0.667 bits per heavy atom. The van der Waals surface area contributed by atoms with Crippen LogP contribution >= 0.6 is 7.60 Å². The molecule has 6 heteroatoms. The van der Waals surface area contributed by atoms with Gasteiger partial charge in [0.05, 0.1) is 0 Å². The Morgan fingerprint density at radius 3 is 1.46 bits per heavy atom. The zero-order chi connectivity index (χ0) is 16.5. The molecule has 0 aliphatic rings. The minimum absolute atomic E-state index is 0. The van der Waals surface area contributed by atoms with Gasteiger partial charge < -0.3 is 14.4 Å². The van der Waals surface area contributed by atoms with Gasteiger partial charge in [-0.25, -0.2) is 0 Å². The van der Waals surface area contributed by atoms with E-state index in [4.69, 9.17) is 0 Å². The van der Waals surface area contributed by atoms with E-state index in [2.05, 4.69) is 19.1 Å². The van der Waals surface area contributed by atoms with Crippen LogP contribution in [0.4, 0.5) is 0 Å². The number of allylic oxidation sites excluding steroid dienone is 2. The van der Waals surface area contributed by atoms with Crippen LogP contribution in [0.1, 0.15) is 96.8 Å². The van der Waals surface area contributed by atoms with Crippen LogP contribution in [0.5, 0.6) is 0 Å². The van der Waals surface area contributed by atoms with Crippen molar-refractivity contribution in [3.8, 4) is 0 Å². The van der Waals surface area contributed by atoms with E-state index in [-0.39, 0.29) is 109 Å². The first-order valence-corrected chi connectivity index (χ1v) is 10.9. The normalized spacial score (nSPS) is 11.3. The molecule has 0 spiro atoms. The van der Waals surface area contributed by atoms with Gasteiger partial charge >= 0.3 is 103 Å². The fraction of sp³-hybridized carbons (Fsp3) is 0.889. The van der Waals surface area contributed by atoms with E-state index in [9.17, 15) is 14.4 Å². The summed E-state index contributed by atoms with van der Waals surface area (Å²) in [4.78, 5) is 20.9. The van der Waals surface area contributed by atoms with Gasteiger partial charge in [-0.1, -0.05) is 84.5 Å². The minimum atomic E-state index is -4.26. The summed E-state index contributed by atoms with van der Waals surface area (Å²) in [5, 5.41) is 0. The van der Waals surface area contributed by atoms with Gasteiger partial charge in [0.1, 0.15) is 0 Å². The Morgan fingerprint density at radius 2 is 1.04 bits per heavy atom. The average molecular weight is 409 g/mol. The Bertz CT molecular complexity index is 307. The van der Waals surface area contributed by atoms with Gasteiger partial charge in [0.15, 0.2) is 0 Å². The monoisotopic (exact) mass is 408 g/mol. The zero-order valence-electron chi connectivity index (χ0n) is 16.4. The summed E-state index contributed by atoms with van der Waals surface area (Å²) in [6.45, 7) is 2.25. The number of hydrogen-bond acceptors (Lipinski definition) is 3. The van der Waals surface area contributed by atoms with Crippen molar-refractivity contribution in [1.29, 1.82) is 0 Å². The van der Waals surface area contributed by atoms with E-state index >= 15 is 0 Å². The third-order valence-corrected chi connectivity index (χ3v) is 4.81. The Labute approximate surface area is 235 Å². The molecule has 0 rings (SSSR count). The summed E-state index contributed by atoms with van der Waals surface area (Å²) in [5.74, 6) is 0. The molecule has 24 heavy (non-hydrogen) atoms. The molecule has 0 saturated carbocycles. The van der Waals surface area contributed by atoms with Gasteiger partial charge in [-0.2, -0.15) is 0 Å². The van der Waals surface area contributed by atoms with Gasteiger partial charge in [0.25, 0.3) is 0 Å². The average Bonchev–Trinajstić information content (AvgIpc) is 2.45. The van der Waals surface area contributed by atoms with Crippen molar-refractivity contribution in [3.63, 3.8) is 0 Å². The molecular formula is C18H35K2O3P. The molecule has 132 valence electrons. The second-order valence-corrected chi connectivity index (χ2v) is 7.94. The summed E-state index contributed by atoms with van der Waals surface area (Å²) in [7, 11) is -4.26. The van der Waals surface area contributed by atoms with Gasteiger partial charge in [-0.05, 0) is 38.3 Å². The Balaban J connectivity index is -0.00000220. The van der Waals surface area contributed by atoms with E-state index in [0.717, 1.165) is 25.7 Å². The molecule has 0 unspecified atom stereocenters. The maximum absolute atomic E-state index is 10.4. The van der Waals surface area contributed by atoms with Gasteiger partial charge in [-0.3, -0.25) is 0 Å².